The molecule has 2 aliphatic carbocycles. The van der Waals surface area contributed by atoms with Gasteiger partial charge in [-0.2, -0.15) is 5.10 Å². The van der Waals surface area contributed by atoms with Gasteiger partial charge in [0.15, 0.2) is 0 Å². The molecule has 1 aromatic heterocycles. The molecule has 0 bridgehead atoms. The van der Waals surface area contributed by atoms with E-state index in [1.165, 1.54) is 43.2 Å². The number of rotatable bonds is 12. The van der Waals surface area contributed by atoms with Gasteiger partial charge in [-0.3, -0.25) is 0 Å². The van der Waals surface area contributed by atoms with E-state index in [0.717, 1.165) is 70.7 Å². The summed E-state index contributed by atoms with van der Waals surface area (Å²) in [5.74, 6) is 0. The molecule has 0 N–H and O–H groups in total. The summed E-state index contributed by atoms with van der Waals surface area (Å²) in [6.07, 6.45) is 15.8. The average Bonchev–Trinajstić information content (AvgIpc) is 3.58. The van der Waals surface area contributed by atoms with Crippen molar-refractivity contribution < 1.29 is 23.7 Å². The second-order valence-electron chi connectivity index (χ2n) is 13.3. The first-order chi connectivity index (χ1) is 19.6. The molecule has 1 spiro atoms. The van der Waals surface area contributed by atoms with Gasteiger partial charge in [-0.25, -0.2) is 9.48 Å². The molecule has 41 heavy (non-hydrogen) atoms. The molecule has 2 unspecified atom stereocenters. The summed E-state index contributed by atoms with van der Waals surface area (Å²) >= 11 is 0. The van der Waals surface area contributed by atoms with Crippen molar-refractivity contribution in [2.75, 3.05) is 54.1 Å². The molecule has 1 saturated heterocycles. The van der Waals surface area contributed by atoms with Gasteiger partial charge in [0.1, 0.15) is 11.8 Å². The number of hydrogen-bond acceptors (Lipinski definition) is 7. The fourth-order valence-corrected chi connectivity index (χ4v) is 6.47. The molecule has 1 aromatic rings. The van der Waals surface area contributed by atoms with Gasteiger partial charge >= 0.3 is 6.09 Å². The first-order valence-corrected chi connectivity index (χ1v) is 15.8. The van der Waals surface area contributed by atoms with Crippen molar-refractivity contribution in [1.29, 1.82) is 0 Å². The molecule has 1 saturated carbocycles. The Bertz CT molecular complexity index is 1000. The maximum Gasteiger partial charge on any atom is 0.410 e. The Hall–Kier alpha value is -1.94. The fraction of sp³-hybridized carbons (Fsp3) is 0.812. The van der Waals surface area contributed by atoms with Gasteiger partial charge in [0, 0.05) is 70.8 Å². The van der Waals surface area contributed by atoms with E-state index in [0.29, 0.717) is 6.54 Å². The number of amides is 1. The topological polar surface area (TPSA) is 78.3 Å². The molecular weight excluding hydrogens is 520 g/mol. The summed E-state index contributed by atoms with van der Waals surface area (Å²) in [4.78, 5) is 16.4. The second-order valence-corrected chi connectivity index (χ2v) is 13.3. The molecule has 0 aromatic carbocycles. The Morgan fingerprint density at radius 1 is 1.12 bits per heavy atom. The molecule has 2 heterocycles. The van der Waals surface area contributed by atoms with Crippen LogP contribution >= 0.6 is 0 Å². The van der Waals surface area contributed by atoms with E-state index in [9.17, 15) is 4.79 Å². The fourth-order valence-electron chi connectivity index (χ4n) is 6.47. The number of aromatic nitrogens is 2. The highest BCUT2D eigenvalue weighted by Crippen LogP contribution is 2.50. The van der Waals surface area contributed by atoms with Crippen molar-refractivity contribution in [1.82, 2.24) is 19.6 Å². The van der Waals surface area contributed by atoms with Gasteiger partial charge in [-0.05, 0) is 84.8 Å². The summed E-state index contributed by atoms with van der Waals surface area (Å²) in [6.45, 7) is 10.1. The molecular formula is C32H54N4O5. The van der Waals surface area contributed by atoms with Crippen LogP contribution in [0.5, 0.6) is 0 Å². The van der Waals surface area contributed by atoms with Gasteiger partial charge < -0.3 is 28.7 Å². The third kappa shape index (κ3) is 8.78. The minimum Gasteiger partial charge on any atom is -0.444 e. The summed E-state index contributed by atoms with van der Waals surface area (Å²) in [5, 5.41) is 5.20. The molecule has 2 fully saturated rings. The van der Waals surface area contributed by atoms with Gasteiger partial charge in [0.25, 0.3) is 0 Å². The quantitative estimate of drug-likeness (QED) is 0.282. The predicted molar refractivity (Wildman–Crippen MR) is 161 cm³/mol. The zero-order valence-corrected chi connectivity index (χ0v) is 26.5. The molecule has 0 radical (unpaired) electrons. The highest BCUT2D eigenvalue weighted by molar-refractivity contribution is 5.68. The Kier molecular flexibility index (Phi) is 11.3. The van der Waals surface area contributed by atoms with Crippen LogP contribution < -0.4 is 0 Å². The smallest absolute Gasteiger partial charge is 0.410 e. The van der Waals surface area contributed by atoms with E-state index >= 15 is 0 Å². The van der Waals surface area contributed by atoms with Crippen LogP contribution in [0.15, 0.2) is 12.3 Å². The van der Waals surface area contributed by atoms with Gasteiger partial charge in [0.05, 0.1) is 11.8 Å². The lowest BCUT2D eigenvalue weighted by molar-refractivity contribution is -0.0397. The third-order valence-corrected chi connectivity index (χ3v) is 8.65. The lowest BCUT2D eigenvalue weighted by atomic mass is 9.72. The zero-order chi connectivity index (χ0) is 29.5. The molecule has 1 amide bonds. The van der Waals surface area contributed by atoms with Crippen LogP contribution in [0.25, 0.3) is 5.57 Å². The maximum atomic E-state index is 12.5. The number of nitrogens with zero attached hydrogens (tertiary/aromatic N) is 4. The predicted octanol–water partition coefficient (Wildman–Crippen LogP) is 6.04. The third-order valence-electron chi connectivity index (χ3n) is 8.65. The van der Waals surface area contributed by atoms with E-state index in [-0.39, 0.29) is 23.8 Å². The van der Waals surface area contributed by atoms with Gasteiger partial charge in [0.2, 0.25) is 0 Å². The number of carbonyl (C=O) groups excluding carboxylic acids is 1. The highest BCUT2D eigenvalue weighted by atomic mass is 16.6. The molecule has 9 nitrogen and oxygen atoms in total. The van der Waals surface area contributed by atoms with Crippen LogP contribution in [-0.4, -0.2) is 91.5 Å². The van der Waals surface area contributed by atoms with Crippen molar-refractivity contribution in [3.05, 3.63) is 23.5 Å². The van der Waals surface area contributed by atoms with Gasteiger partial charge in [-0.1, -0.05) is 18.9 Å². The standard InChI is InChI=1S/C32H54N4O5/c1-31(2,3)41-30(37)35(5)18-17-34(4)23-26-24-36(28-12-7-10-20-40-28)33-29(26)25-13-14-27(39-21-11-19-38-6)32(22-25)15-8-9-16-32/h22,24,27-28H,7-21,23H2,1-6H3. The second kappa shape index (κ2) is 14.5. The lowest BCUT2D eigenvalue weighted by Gasteiger charge is -2.39. The number of allylic oxidation sites excluding steroid dienone is 1. The lowest BCUT2D eigenvalue weighted by Crippen LogP contribution is -2.38. The van der Waals surface area contributed by atoms with Crippen molar-refractivity contribution >= 4 is 11.7 Å². The summed E-state index contributed by atoms with van der Waals surface area (Å²) < 4.78 is 25.4. The summed E-state index contributed by atoms with van der Waals surface area (Å²) in [5.41, 5.74) is 3.29. The van der Waals surface area contributed by atoms with E-state index in [2.05, 4.69) is 28.9 Å². The average molecular weight is 575 g/mol. The molecule has 4 rings (SSSR count). The van der Waals surface area contributed by atoms with Crippen LogP contribution in [0.3, 0.4) is 0 Å². The monoisotopic (exact) mass is 574 g/mol. The summed E-state index contributed by atoms with van der Waals surface area (Å²) in [6, 6.07) is 0. The van der Waals surface area contributed by atoms with Gasteiger partial charge in [-0.15, -0.1) is 0 Å². The molecule has 9 heteroatoms. The molecule has 2 atom stereocenters. The van der Waals surface area contributed by atoms with Crippen molar-refractivity contribution in [2.24, 2.45) is 5.41 Å². The normalized spacial score (nSPS) is 22.8. The SMILES string of the molecule is COCCCOC1CCC(c2nn(C3CCCCO3)cc2CN(C)CCN(C)C(=O)OC(C)(C)C)=CC12CCCC2. The van der Waals surface area contributed by atoms with Crippen molar-refractivity contribution in [3.8, 4) is 0 Å². The Morgan fingerprint density at radius 3 is 2.59 bits per heavy atom. The Morgan fingerprint density at radius 2 is 1.90 bits per heavy atom. The number of carbonyl (C=O) groups is 1. The molecule has 1 aliphatic heterocycles. The van der Waals surface area contributed by atoms with E-state index < -0.39 is 5.60 Å². The largest absolute Gasteiger partial charge is 0.444 e. The number of methoxy groups -OCH3 is 1. The highest BCUT2D eigenvalue weighted by Gasteiger charge is 2.43. The van der Waals surface area contributed by atoms with Crippen molar-refractivity contribution in [3.63, 3.8) is 0 Å². The minimum absolute atomic E-state index is 0.00126. The van der Waals surface area contributed by atoms with E-state index in [4.69, 9.17) is 24.0 Å². The summed E-state index contributed by atoms with van der Waals surface area (Å²) in [7, 11) is 5.66. The maximum absolute atomic E-state index is 12.5. The van der Waals surface area contributed by atoms with Crippen LogP contribution in [0.1, 0.15) is 102 Å². The zero-order valence-electron chi connectivity index (χ0n) is 26.5. The molecule has 232 valence electrons. The van der Waals surface area contributed by atoms with Crippen LogP contribution in [0.2, 0.25) is 0 Å². The van der Waals surface area contributed by atoms with E-state index in [1.54, 1.807) is 19.1 Å². The van der Waals surface area contributed by atoms with Crippen LogP contribution in [0.4, 0.5) is 4.79 Å². The van der Waals surface area contributed by atoms with Crippen LogP contribution in [-0.2, 0) is 25.5 Å². The van der Waals surface area contributed by atoms with E-state index in [1.807, 2.05) is 20.8 Å². The van der Waals surface area contributed by atoms with Crippen LogP contribution in [0, 0.1) is 5.41 Å². The van der Waals surface area contributed by atoms with Crippen molar-refractivity contribution in [2.45, 2.75) is 109 Å². The first-order valence-electron chi connectivity index (χ1n) is 15.8. The minimum atomic E-state index is -0.500. The first kappa shape index (κ1) is 32.0. The number of hydrogen-bond donors (Lipinski definition) is 0. The number of likely N-dealkylation sites (N-methyl/N-ethyl adjacent to an activating group) is 2. The Balaban J connectivity index is 1.51. The molecule has 3 aliphatic rings. The Labute approximate surface area is 247 Å². The number of ether oxygens (including phenoxy) is 4.